The monoisotopic (exact) mass is 329 g/mol. The normalized spacial score (nSPS) is 19.0. The van der Waals surface area contributed by atoms with Crippen LogP contribution in [-0.4, -0.2) is 23.1 Å². The number of rotatable bonds is 0. The number of carbonyl (C=O) groups excluding carboxylic acids is 1. The summed E-state index contributed by atoms with van der Waals surface area (Å²) in [6.45, 7) is 5.80. The van der Waals surface area contributed by atoms with Crippen molar-refractivity contribution in [2.24, 2.45) is 0 Å². The van der Waals surface area contributed by atoms with E-state index < -0.39 is 17.9 Å². The number of hydrogen-bond donors (Lipinski definition) is 0. The lowest BCUT2D eigenvalue weighted by Gasteiger charge is -2.33. The van der Waals surface area contributed by atoms with Crippen LogP contribution < -0.4 is 0 Å². The summed E-state index contributed by atoms with van der Waals surface area (Å²) >= 11 is 3.40. The van der Waals surface area contributed by atoms with E-state index in [4.69, 9.17) is 4.74 Å². The van der Waals surface area contributed by atoms with Gasteiger partial charge in [-0.2, -0.15) is 0 Å². The second-order valence-corrected chi connectivity index (χ2v) is 6.49. The highest BCUT2D eigenvalue weighted by Crippen LogP contribution is 2.34. The lowest BCUT2D eigenvalue weighted by molar-refractivity contribution is 0.0158. The molecular weight excluding hydrogens is 313 g/mol. The fraction of sp³-hybridized carbons (Fsp3) is 0.500. The van der Waals surface area contributed by atoms with Gasteiger partial charge in [0.25, 0.3) is 0 Å². The topological polar surface area (TPSA) is 29.5 Å². The largest absolute Gasteiger partial charge is 0.444 e. The minimum atomic E-state index is -1.17. The second kappa shape index (κ2) is 5.12. The standard InChI is InChI=1S/C14H17BrFNO2/c1-14(2,3)19-13(18)17-7-10-9(12(16)8-17)5-4-6-11(10)15/h4-6,12H,7-8H2,1-3H3/t12-/m0/s1. The van der Waals surface area contributed by atoms with E-state index in [2.05, 4.69) is 15.9 Å². The SMILES string of the molecule is CC(C)(C)OC(=O)N1Cc2c(Br)cccc2[C@@H](F)C1. The lowest BCUT2D eigenvalue weighted by Crippen LogP contribution is -2.40. The van der Waals surface area contributed by atoms with Gasteiger partial charge in [-0.25, -0.2) is 9.18 Å². The summed E-state index contributed by atoms with van der Waals surface area (Å²) in [5.41, 5.74) is 0.887. The molecular formula is C14H17BrFNO2. The van der Waals surface area contributed by atoms with Crippen molar-refractivity contribution in [1.29, 1.82) is 0 Å². The van der Waals surface area contributed by atoms with Gasteiger partial charge in [-0.3, -0.25) is 0 Å². The van der Waals surface area contributed by atoms with Crippen molar-refractivity contribution < 1.29 is 13.9 Å². The number of amides is 1. The molecule has 1 atom stereocenters. The molecule has 0 aliphatic carbocycles. The van der Waals surface area contributed by atoms with E-state index in [-0.39, 0.29) is 6.54 Å². The van der Waals surface area contributed by atoms with Crippen LogP contribution in [0.2, 0.25) is 0 Å². The van der Waals surface area contributed by atoms with E-state index in [0.717, 1.165) is 10.0 Å². The summed E-state index contributed by atoms with van der Waals surface area (Å²) in [7, 11) is 0. The Kier molecular flexibility index (Phi) is 3.85. The van der Waals surface area contributed by atoms with Crippen molar-refractivity contribution >= 4 is 22.0 Å². The van der Waals surface area contributed by atoms with Crippen LogP contribution in [0.1, 0.15) is 38.1 Å². The van der Waals surface area contributed by atoms with Crippen LogP contribution in [0.5, 0.6) is 0 Å². The van der Waals surface area contributed by atoms with Crippen molar-refractivity contribution in [2.75, 3.05) is 6.54 Å². The zero-order chi connectivity index (χ0) is 14.2. The van der Waals surface area contributed by atoms with Crippen LogP contribution in [0.3, 0.4) is 0 Å². The maximum absolute atomic E-state index is 14.1. The predicted molar refractivity (Wildman–Crippen MR) is 74.6 cm³/mol. The fourth-order valence-electron chi connectivity index (χ4n) is 2.05. The third kappa shape index (κ3) is 3.26. The Hall–Kier alpha value is -1.10. The van der Waals surface area contributed by atoms with Crippen LogP contribution in [0.25, 0.3) is 0 Å². The number of alkyl halides is 1. The van der Waals surface area contributed by atoms with Gasteiger partial charge in [-0.05, 0) is 38.0 Å². The van der Waals surface area contributed by atoms with Gasteiger partial charge < -0.3 is 9.64 Å². The third-order valence-corrected chi connectivity index (χ3v) is 3.62. The first-order valence-electron chi connectivity index (χ1n) is 6.17. The van der Waals surface area contributed by atoms with Gasteiger partial charge >= 0.3 is 6.09 Å². The Morgan fingerprint density at radius 2 is 2.16 bits per heavy atom. The summed E-state index contributed by atoms with van der Waals surface area (Å²) in [4.78, 5) is 13.4. The highest BCUT2D eigenvalue weighted by Gasteiger charge is 2.31. The van der Waals surface area contributed by atoms with Crippen molar-refractivity contribution in [2.45, 2.75) is 39.1 Å². The van der Waals surface area contributed by atoms with Gasteiger partial charge in [0.15, 0.2) is 0 Å². The number of ether oxygens (including phenoxy) is 1. The number of carbonyl (C=O) groups is 1. The molecule has 3 nitrogen and oxygen atoms in total. The van der Waals surface area contributed by atoms with E-state index in [1.165, 1.54) is 4.90 Å². The van der Waals surface area contributed by atoms with Crippen LogP contribution in [-0.2, 0) is 11.3 Å². The minimum Gasteiger partial charge on any atom is -0.444 e. The van der Waals surface area contributed by atoms with Gasteiger partial charge in [-0.1, -0.05) is 28.1 Å². The van der Waals surface area contributed by atoms with E-state index >= 15 is 0 Å². The molecule has 0 radical (unpaired) electrons. The molecule has 1 amide bonds. The zero-order valence-corrected chi connectivity index (χ0v) is 12.8. The maximum atomic E-state index is 14.1. The molecule has 0 spiro atoms. The summed E-state index contributed by atoms with van der Waals surface area (Å²) in [6, 6.07) is 5.42. The van der Waals surface area contributed by atoms with Gasteiger partial charge in [0, 0.05) is 4.47 Å². The molecule has 0 saturated carbocycles. The first kappa shape index (κ1) is 14.3. The molecule has 1 heterocycles. The average molecular weight is 330 g/mol. The van der Waals surface area contributed by atoms with Gasteiger partial charge in [0.05, 0.1) is 13.1 Å². The number of benzene rings is 1. The van der Waals surface area contributed by atoms with Crippen molar-refractivity contribution in [1.82, 2.24) is 4.90 Å². The van der Waals surface area contributed by atoms with Gasteiger partial charge in [0.2, 0.25) is 0 Å². The van der Waals surface area contributed by atoms with Crippen molar-refractivity contribution in [3.8, 4) is 0 Å². The van der Waals surface area contributed by atoms with Crippen LogP contribution >= 0.6 is 15.9 Å². The van der Waals surface area contributed by atoms with Gasteiger partial charge in [0.1, 0.15) is 11.8 Å². The molecule has 0 fully saturated rings. The first-order chi connectivity index (χ1) is 8.78. The highest BCUT2D eigenvalue weighted by molar-refractivity contribution is 9.10. The van der Waals surface area contributed by atoms with Gasteiger partial charge in [-0.15, -0.1) is 0 Å². The number of hydrogen-bond acceptors (Lipinski definition) is 2. The summed E-state index contributed by atoms with van der Waals surface area (Å²) in [6.07, 6.45) is -1.65. The molecule has 1 aromatic carbocycles. The maximum Gasteiger partial charge on any atom is 0.410 e. The lowest BCUT2D eigenvalue weighted by atomic mass is 9.99. The Balaban J connectivity index is 2.21. The summed E-state index contributed by atoms with van der Waals surface area (Å²) in [5, 5.41) is 0. The zero-order valence-electron chi connectivity index (χ0n) is 11.2. The summed E-state index contributed by atoms with van der Waals surface area (Å²) in [5.74, 6) is 0. The number of halogens is 2. The van der Waals surface area contributed by atoms with E-state index in [0.29, 0.717) is 12.1 Å². The smallest absolute Gasteiger partial charge is 0.410 e. The molecule has 0 saturated heterocycles. The van der Waals surface area contributed by atoms with E-state index in [1.807, 2.05) is 6.07 Å². The predicted octanol–water partition coefficient (Wildman–Crippen LogP) is 4.21. The van der Waals surface area contributed by atoms with E-state index in [9.17, 15) is 9.18 Å². The molecule has 104 valence electrons. The number of fused-ring (bicyclic) bond motifs is 1. The molecule has 1 aliphatic rings. The van der Waals surface area contributed by atoms with Crippen LogP contribution in [0, 0.1) is 0 Å². The minimum absolute atomic E-state index is 0.0400. The highest BCUT2D eigenvalue weighted by atomic mass is 79.9. The Morgan fingerprint density at radius 1 is 1.47 bits per heavy atom. The van der Waals surface area contributed by atoms with Crippen molar-refractivity contribution in [3.05, 3.63) is 33.8 Å². The fourth-order valence-corrected chi connectivity index (χ4v) is 2.56. The Bertz CT molecular complexity index is 499. The molecule has 1 aromatic rings. The van der Waals surface area contributed by atoms with Crippen molar-refractivity contribution in [3.63, 3.8) is 0 Å². The quantitative estimate of drug-likeness (QED) is 0.713. The molecule has 1 aliphatic heterocycles. The Morgan fingerprint density at radius 3 is 2.79 bits per heavy atom. The molecule has 0 aromatic heterocycles. The molecule has 0 N–H and O–H groups in total. The average Bonchev–Trinajstić information content (AvgIpc) is 2.28. The van der Waals surface area contributed by atoms with Crippen LogP contribution in [0.15, 0.2) is 22.7 Å². The Labute approximate surface area is 120 Å². The number of nitrogens with zero attached hydrogens (tertiary/aromatic N) is 1. The summed E-state index contributed by atoms with van der Waals surface area (Å²) < 4.78 is 20.2. The first-order valence-corrected chi connectivity index (χ1v) is 6.96. The molecule has 0 bridgehead atoms. The van der Waals surface area contributed by atoms with E-state index in [1.54, 1.807) is 32.9 Å². The van der Waals surface area contributed by atoms with Crippen LogP contribution in [0.4, 0.5) is 9.18 Å². The molecule has 5 heteroatoms. The second-order valence-electron chi connectivity index (χ2n) is 5.64. The molecule has 2 rings (SSSR count). The molecule has 19 heavy (non-hydrogen) atoms. The molecule has 0 unspecified atom stereocenters. The third-order valence-electron chi connectivity index (χ3n) is 2.87.